The Bertz CT molecular complexity index is 877. The van der Waals surface area contributed by atoms with Crippen LogP contribution in [0.2, 0.25) is 0 Å². The lowest BCUT2D eigenvalue weighted by molar-refractivity contribution is 0.102. The highest BCUT2D eigenvalue weighted by molar-refractivity contribution is 6.03. The Morgan fingerprint density at radius 2 is 1.83 bits per heavy atom. The van der Waals surface area contributed by atoms with E-state index < -0.39 is 0 Å². The summed E-state index contributed by atoms with van der Waals surface area (Å²) in [5.74, 6) is -0.630. The number of hydrogen-bond acceptors (Lipinski definition) is 3. The molecule has 3 aromatic rings. The number of aromatic nitrogens is 3. The zero-order chi connectivity index (χ0) is 17.3. The SMILES string of the molecule is Cc1cc(C)c(NC(=O)c2ccn(-c3ccc(F)cc3)n2)c(C)n1. The molecule has 2 heterocycles. The molecule has 0 bridgehead atoms. The van der Waals surface area contributed by atoms with Crippen molar-refractivity contribution in [3.8, 4) is 5.69 Å². The first-order chi connectivity index (χ1) is 11.4. The molecule has 5 nitrogen and oxygen atoms in total. The standard InChI is InChI=1S/C18H17FN4O/c1-11-10-12(2)20-13(3)17(11)21-18(24)16-8-9-23(22-16)15-6-4-14(19)5-7-15/h4-10H,1-3H3,(H,21,24). The van der Waals surface area contributed by atoms with E-state index in [1.165, 1.54) is 16.8 Å². The van der Waals surface area contributed by atoms with Crippen LogP contribution in [0.25, 0.3) is 5.69 Å². The van der Waals surface area contributed by atoms with Gasteiger partial charge in [-0.05, 0) is 62.7 Å². The lowest BCUT2D eigenvalue weighted by atomic mass is 10.1. The molecule has 1 aromatic carbocycles. The normalized spacial score (nSPS) is 10.7. The van der Waals surface area contributed by atoms with Crippen molar-refractivity contribution in [2.45, 2.75) is 20.8 Å². The summed E-state index contributed by atoms with van der Waals surface area (Å²) >= 11 is 0. The molecule has 1 N–H and O–H groups in total. The second-order valence-electron chi connectivity index (χ2n) is 5.62. The number of aryl methyl sites for hydroxylation is 3. The summed E-state index contributed by atoms with van der Waals surface area (Å²) in [5.41, 5.74) is 4.27. The minimum Gasteiger partial charge on any atom is -0.319 e. The van der Waals surface area contributed by atoms with E-state index in [2.05, 4.69) is 15.4 Å². The van der Waals surface area contributed by atoms with Crippen molar-refractivity contribution in [2.75, 3.05) is 5.32 Å². The van der Waals surface area contributed by atoms with E-state index in [-0.39, 0.29) is 17.4 Å². The van der Waals surface area contributed by atoms with Crippen LogP contribution in [-0.2, 0) is 0 Å². The fourth-order valence-corrected chi connectivity index (χ4v) is 2.57. The van der Waals surface area contributed by atoms with Gasteiger partial charge < -0.3 is 5.32 Å². The largest absolute Gasteiger partial charge is 0.319 e. The van der Waals surface area contributed by atoms with Crippen LogP contribution in [0.3, 0.4) is 0 Å². The minimum absolute atomic E-state index is 0.277. The number of carbonyl (C=O) groups is 1. The molecule has 3 rings (SSSR count). The number of anilines is 1. The van der Waals surface area contributed by atoms with Crippen LogP contribution in [-0.4, -0.2) is 20.7 Å². The molecule has 0 aliphatic heterocycles. The van der Waals surface area contributed by atoms with Gasteiger partial charge in [0.05, 0.1) is 17.1 Å². The summed E-state index contributed by atoms with van der Waals surface area (Å²) < 4.78 is 14.5. The summed E-state index contributed by atoms with van der Waals surface area (Å²) in [7, 11) is 0. The maximum absolute atomic E-state index is 13.0. The van der Waals surface area contributed by atoms with Crippen LogP contribution in [0.5, 0.6) is 0 Å². The van der Waals surface area contributed by atoms with E-state index >= 15 is 0 Å². The van der Waals surface area contributed by atoms with Crippen LogP contribution in [0, 0.1) is 26.6 Å². The van der Waals surface area contributed by atoms with Crippen molar-refractivity contribution in [1.29, 1.82) is 0 Å². The average Bonchev–Trinajstić information content (AvgIpc) is 3.01. The highest BCUT2D eigenvalue weighted by atomic mass is 19.1. The van der Waals surface area contributed by atoms with Gasteiger partial charge in [-0.15, -0.1) is 0 Å². The Morgan fingerprint density at radius 3 is 2.50 bits per heavy atom. The van der Waals surface area contributed by atoms with Crippen molar-refractivity contribution >= 4 is 11.6 Å². The Balaban J connectivity index is 1.83. The highest BCUT2D eigenvalue weighted by Crippen LogP contribution is 2.20. The van der Waals surface area contributed by atoms with Crippen LogP contribution in [0.1, 0.15) is 27.4 Å². The summed E-state index contributed by atoms with van der Waals surface area (Å²) in [6, 6.07) is 9.43. The smallest absolute Gasteiger partial charge is 0.276 e. The number of nitrogens with one attached hydrogen (secondary N) is 1. The molecule has 0 aliphatic carbocycles. The molecule has 122 valence electrons. The molecule has 0 radical (unpaired) electrons. The topological polar surface area (TPSA) is 59.8 Å². The molecule has 2 aromatic heterocycles. The van der Waals surface area contributed by atoms with Gasteiger partial charge >= 0.3 is 0 Å². The van der Waals surface area contributed by atoms with Crippen LogP contribution < -0.4 is 5.32 Å². The molecule has 0 aliphatic rings. The lowest BCUT2D eigenvalue weighted by Crippen LogP contribution is -2.15. The summed E-state index contributed by atoms with van der Waals surface area (Å²) in [5, 5.41) is 7.10. The summed E-state index contributed by atoms with van der Waals surface area (Å²) in [6.07, 6.45) is 1.66. The van der Waals surface area contributed by atoms with Gasteiger partial charge in [0.1, 0.15) is 5.82 Å². The Kier molecular flexibility index (Phi) is 4.12. The van der Waals surface area contributed by atoms with E-state index in [1.54, 1.807) is 24.4 Å². The molecule has 0 atom stereocenters. The molecule has 6 heteroatoms. The van der Waals surface area contributed by atoms with Crippen molar-refractivity contribution in [1.82, 2.24) is 14.8 Å². The number of hydrogen-bond donors (Lipinski definition) is 1. The predicted molar refractivity (Wildman–Crippen MR) is 89.9 cm³/mol. The summed E-state index contributed by atoms with van der Waals surface area (Å²) in [4.78, 5) is 16.8. The van der Waals surface area contributed by atoms with Gasteiger partial charge in [-0.1, -0.05) is 0 Å². The van der Waals surface area contributed by atoms with E-state index in [4.69, 9.17) is 0 Å². The molecule has 0 spiro atoms. The van der Waals surface area contributed by atoms with Crippen molar-refractivity contribution in [3.63, 3.8) is 0 Å². The number of pyridine rings is 1. The molecule has 0 unspecified atom stereocenters. The monoisotopic (exact) mass is 324 g/mol. The third-order valence-corrected chi connectivity index (χ3v) is 3.68. The first kappa shape index (κ1) is 15.9. The first-order valence-electron chi connectivity index (χ1n) is 7.52. The van der Waals surface area contributed by atoms with Crippen molar-refractivity contribution in [3.05, 3.63) is 71.1 Å². The second kappa shape index (κ2) is 6.23. The summed E-state index contributed by atoms with van der Waals surface area (Å²) in [6.45, 7) is 5.69. The van der Waals surface area contributed by atoms with Gasteiger partial charge in [0.15, 0.2) is 5.69 Å². The number of benzene rings is 1. The van der Waals surface area contributed by atoms with Gasteiger partial charge in [0.25, 0.3) is 5.91 Å². The zero-order valence-corrected chi connectivity index (χ0v) is 13.7. The van der Waals surface area contributed by atoms with E-state index in [0.29, 0.717) is 11.4 Å². The highest BCUT2D eigenvalue weighted by Gasteiger charge is 2.14. The Hall–Kier alpha value is -3.02. The predicted octanol–water partition coefficient (Wildman–Crippen LogP) is 3.58. The number of nitrogens with zero attached hydrogens (tertiary/aromatic N) is 3. The van der Waals surface area contributed by atoms with Gasteiger partial charge in [-0.2, -0.15) is 5.10 Å². The molecule has 0 saturated carbocycles. The molecule has 24 heavy (non-hydrogen) atoms. The fourth-order valence-electron chi connectivity index (χ4n) is 2.57. The third kappa shape index (κ3) is 3.17. The quantitative estimate of drug-likeness (QED) is 0.801. The molecular weight excluding hydrogens is 307 g/mol. The maximum Gasteiger partial charge on any atom is 0.276 e. The van der Waals surface area contributed by atoms with Gasteiger partial charge in [0.2, 0.25) is 0 Å². The zero-order valence-electron chi connectivity index (χ0n) is 13.7. The minimum atomic E-state index is -0.318. The van der Waals surface area contributed by atoms with Crippen molar-refractivity contribution in [2.24, 2.45) is 0 Å². The molecule has 0 saturated heterocycles. The fraction of sp³-hybridized carbons (Fsp3) is 0.167. The second-order valence-corrected chi connectivity index (χ2v) is 5.62. The first-order valence-corrected chi connectivity index (χ1v) is 7.52. The third-order valence-electron chi connectivity index (χ3n) is 3.68. The number of carbonyl (C=O) groups excluding carboxylic acids is 1. The van der Waals surface area contributed by atoms with E-state index in [1.807, 2.05) is 26.8 Å². The van der Waals surface area contributed by atoms with Gasteiger partial charge in [-0.3, -0.25) is 9.78 Å². The van der Waals surface area contributed by atoms with Gasteiger partial charge in [-0.25, -0.2) is 9.07 Å². The van der Waals surface area contributed by atoms with Gasteiger partial charge in [0, 0.05) is 11.9 Å². The Morgan fingerprint density at radius 1 is 1.12 bits per heavy atom. The van der Waals surface area contributed by atoms with Crippen LogP contribution in [0.4, 0.5) is 10.1 Å². The molecule has 1 amide bonds. The lowest BCUT2D eigenvalue weighted by Gasteiger charge is -2.11. The molecule has 0 fully saturated rings. The number of amides is 1. The number of halogens is 1. The average molecular weight is 324 g/mol. The van der Waals surface area contributed by atoms with Crippen molar-refractivity contribution < 1.29 is 9.18 Å². The Labute approximate surface area is 139 Å². The van der Waals surface area contributed by atoms with E-state index in [9.17, 15) is 9.18 Å². The number of rotatable bonds is 3. The van der Waals surface area contributed by atoms with E-state index in [0.717, 1.165) is 17.0 Å². The van der Waals surface area contributed by atoms with Crippen LogP contribution in [0.15, 0.2) is 42.6 Å². The maximum atomic E-state index is 13.0. The molecular formula is C18H17FN4O. The van der Waals surface area contributed by atoms with Crippen LogP contribution >= 0.6 is 0 Å².